The molecule has 1 aromatic carbocycles. The van der Waals surface area contributed by atoms with Crippen molar-refractivity contribution >= 4 is 11.7 Å². The number of pyridine rings is 1. The van der Waals surface area contributed by atoms with Crippen molar-refractivity contribution in [2.75, 3.05) is 20.1 Å². The standard InChI is InChI=1S/C20H22N4O/c1-14-4-7-16(8-5-14)19-17(13-23-11-10-22(3)20(23)25)24-12-15(2)6-9-18(24)21-19/h4-9,12H,10-11,13H2,1-3H3. The Bertz CT molecular complexity index is 942. The average Bonchev–Trinajstić information content (AvgIpc) is 3.11. The molecular formula is C20H22N4O. The maximum atomic E-state index is 12.3. The number of hydrogen-bond donors (Lipinski definition) is 0. The first-order valence-electron chi connectivity index (χ1n) is 8.57. The van der Waals surface area contributed by atoms with Gasteiger partial charge in [-0.2, -0.15) is 0 Å². The quantitative estimate of drug-likeness (QED) is 0.736. The van der Waals surface area contributed by atoms with E-state index < -0.39 is 0 Å². The van der Waals surface area contributed by atoms with Gasteiger partial charge >= 0.3 is 6.03 Å². The number of carbonyl (C=O) groups is 1. The molecule has 0 atom stereocenters. The normalized spacial score (nSPS) is 14.8. The summed E-state index contributed by atoms with van der Waals surface area (Å²) in [5.41, 5.74) is 6.41. The molecule has 0 saturated carbocycles. The third kappa shape index (κ3) is 2.76. The number of likely N-dealkylation sites (N-methyl/N-ethyl adjacent to an activating group) is 1. The topological polar surface area (TPSA) is 40.9 Å². The molecule has 4 rings (SSSR count). The summed E-state index contributed by atoms with van der Waals surface area (Å²) in [5.74, 6) is 0. The van der Waals surface area contributed by atoms with Crippen LogP contribution in [0.4, 0.5) is 4.79 Å². The van der Waals surface area contributed by atoms with Crippen LogP contribution in [0.2, 0.25) is 0 Å². The molecule has 0 spiro atoms. The van der Waals surface area contributed by atoms with Gasteiger partial charge in [-0.1, -0.05) is 35.9 Å². The van der Waals surface area contributed by atoms with Gasteiger partial charge in [-0.3, -0.25) is 0 Å². The van der Waals surface area contributed by atoms with Crippen molar-refractivity contribution in [2.24, 2.45) is 0 Å². The van der Waals surface area contributed by atoms with Crippen LogP contribution in [0.5, 0.6) is 0 Å². The van der Waals surface area contributed by atoms with Gasteiger partial charge < -0.3 is 14.2 Å². The minimum absolute atomic E-state index is 0.0810. The zero-order valence-electron chi connectivity index (χ0n) is 14.9. The van der Waals surface area contributed by atoms with E-state index in [1.165, 1.54) is 11.1 Å². The molecule has 2 amide bonds. The molecule has 1 aliphatic heterocycles. The fraction of sp³-hybridized carbons (Fsp3) is 0.300. The first-order chi connectivity index (χ1) is 12.0. The third-order valence-electron chi connectivity index (χ3n) is 4.83. The van der Waals surface area contributed by atoms with Gasteiger partial charge in [0.05, 0.1) is 17.9 Å². The lowest BCUT2D eigenvalue weighted by Crippen LogP contribution is -2.29. The SMILES string of the molecule is Cc1ccc(-c2nc3ccc(C)cn3c2CN2CCN(C)C2=O)cc1. The number of aryl methyl sites for hydroxylation is 2. The molecule has 0 N–H and O–H groups in total. The van der Waals surface area contributed by atoms with Gasteiger partial charge in [0.2, 0.25) is 0 Å². The van der Waals surface area contributed by atoms with Crippen LogP contribution in [0, 0.1) is 13.8 Å². The molecule has 5 heteroatoms. The van der Waals surface area contributed by atoms with Crippen molar-refractivity contribution in [3.05, 3.63) is 59.4 Å². The largest absolute Gasteiger partial charge is 0.326 e. The number of nitrogens with zero attached hydrogens (tertiary/aromatic N) is 4. The van der Waals surface area contributed by atoms with Crippen LogP contribution >= 0.6 is 0 Å². The van der Waals surface area contributed by atoms with E-state index in [1.54, 1.807) is 4.90 Å². The van der Waals surface area contributed by atoms with Crippen LogP contribution in [-0.4, -0.2) is 45.4 Å². The third-order valence-corrected chi connectivity index (χ3v) is 4.83. The molecule has 0 unspecified atom stereocenters. The first-order valence-corrected chi connectivity index (χ1v) is 8.57. The molecule has 1 saturated heterocycles. The van der Waals surface area contributed by atoms with Crippen molar-refractivity contribution in [1.29, 1.82) is 0 Å². The Balaban J connectivity index is 1.84. The van der Waals surface area contributed by atoms with E-state index in [9.17, 15) is 4.79 Å². The molecule has 1 fully saturated rings. The van der Waals surface area contributed by atoms with Crippen LogP contribution in [0.1, 0.15) is 16.8 Å². The fourth-order valence-corrected chi connectivity index (χ4v) is 3.32. The highest BCUT2D eigenvalue weighted by Crippen LogP contribution is 2.27. The number of urea groups is 1. The van der Waals surface area contributed by atoms with Crippen molar-refractivity contribution < 1.29 is 4.79 Å². The molecule has 25 heavy (non-hydrogen) atoms. The molecule has 2 aromatic heterocycles. The number of amides is 2. The van der Waals surface area contributed by atoms with E-state index in [4.69, 9.17) is 4.98 Å². The second-order valence-electron chi connectivity index (χ2n) is 6.83. The highest BCUT2D eigenvalue weighted by atomic mass is 16.2. The molecule has 3 heterocycles. The summed E-state index contributed by atoms with van der Waals surface area (Å²) < 4.78 is 2.12. The summed E-state index contributed by atoms with van der Waals surface area (Å²) in [6.07, 6.45) is 2.10. The maximum absolute atomic E-state index is 12.3. The van der Waals surface area contributed by atoms with Gasteiger partial charge in [0.1, 0.15) is 5.65 Å². The first kappa shape index (κ1) is 15.7. The van der Waals surface area contributed by atoms with E-state index in [-0.39, 0.29) is 6.03 Å². The second kappa shape index (κ2) is 5.92. The number of imidazole rings is 1. The number of benzene rings is 1. The minimum Gasteiger partial charge on any atom is -0.326 e. The highest BCUT2D eigenvalue weighted by Gasteiger charge is 2.27. The Morgan fingerprint density at radius 3 is 2.40 bits per heavy atom. The van der Waals surface area contributed by atoms with E-state index in [0.29, 0.717) is 6.54 Å². The van der Waals surface area contributed by atoms with Crippen LogP contribution in [0.25, 0.3) is 16.9 Å². The zero-order valence-corrected chi connectivity index (χ0v) is 14.9. The molecule has 5 nitrogen and oxygen atoms in total. The van der Waals surface area contributed by atoms with Crippen molar-refractivity contribution in [2.45, 2.75) is 20.4 Å². The highest BCUT2D eigenvalue weighted by molar-refractivity contribution is 5.77. The van der Waals surface area contributed by atoms with Crippen LogP contribution < -0.4 is 0 Å². The molecule has 128 valence electrons. The van der Waals surface area contributed by atoms with Gasteiger partial charge in [0, 0.05) is 31.9 Å². The summed E-state index contributed by atoms with van der Waals surface area (Å²) in [6.45, 7) is 6.24. The van der Waals surface area contributed by atoms with Crippen molar-refractivity contribution in [1.82, 2.24) is 19.2 Å². The second-order valence-corrected chi connectivity index (χ2v) is 6.83. The van der Waals surface area contributed by atoms with E-state index in [0.717, 1.165) is 35.7 Å². The van der Waals surface area contributed by atoms with Crippen LogP contribution in [0.15, 0.2) is 42.6 Å². The van der Waals surface area contributed by atoms with Crippen LogP contribution in [-0.2, 0) is 6.54 Å². The Hall–Kier alpha value is -2.82. The summed E-state index contributed by atoms with van der Waals surface area (Å²) >= 11 is 0. The molecule has 0 radical (unpaired) electrons. The number of fused-ring (bicyclic) bond motifs is 1. The summed E-state index contributed by atoms with van der Waals surface area (Å²) in [4.78, 5) is 20.9. The molecule has 1 aliphatic rings. The smallest absolute Gasteiger partial charge is 0.320 e. The van der Waals surface area contributed by atoms with Gasteiger partial charge in [-0.05, 0) is 25.5 Å². The maximum Gasteiger partial charge on any atom is 0.320 e. The van der Waals surface area contributed by atoms with Crippen molar-refractivity contribution in [3.8, 4) is 11.3 Å². The number of hydrogen-bond acceptors (Lipinski definition) is 2. The molecule has 0 aliphatic carbocycles. The molecule has 0 bridgehead atoms. The van der Waals surface area contributed by atoms with Crippen molar-refractivity contribution in [3.63, 3.8) is 0 Å². The number of aromatic nitrogens is 2. The fourth-order valence-electron chi connectivity index (χ4n) is 3.32. The lowest BCUT2D eigenvalue weighted by atomic mass is 10.1. The lowest BCUT2D eigenvalue weighted by Gasteiger charge is -2.17. The average molecular weight is 334 g/mol. The predicted octanol–water partition coefficient (Wildman–Crippen LogP) is 3.49. The Labute approximate surface area is 147 Å². The zero-order chi connectivity index (χ0) is 17.6. The van der Waals surface area contributed by atoms with Gasteiger partial charge in [0.25, 0.3) is 0 Å². The number of rotatable bonds is 3. The minimum atomic E-state index is 0.0810. The van der Waals surface area contributed by atoms with E-state index in [1.807, 2.05) is 18.0 Å². The van der Waals surface area contributed by atoms with Gasteiger partial charge in [0.15, 0.2) is 0 Å². The van der Waals surface area contributed by atoms with Gasteiger partial charge in [-0.15, -0.1) is 0 Å². The van der Waals surface area contributed by atoms with Crippen LogP contribution in [0.3, 0.4) is 0 Å². The molecular weight excluding hydrogens is 312 g/mol. The Morgan fingerprint density at radius 2 is 1.72 bits per heavy atom. The molecule has 3 aromatic rings. The lowest BCUT2D eigenvalue weighted by molar-refractivity contribution is 0.196. The Morgan fingerprint density at radius 1 is 1.00 bits per heavy atom. The monoisotopic (exact) mass is 334 g/mol. The van der Waals surface area contributed by atoms with E-state index >= 15 is 0 Å². The number of carbonyl (C=O) groups excluding carboxylic acids is 1. The van der Waals surface area contributed by atoms with Gasteiger partial charge in [-0.25, -0.2) is 9.78 Å². The summed E-state index contributed by atoms with van der Waals surface area (Å²) in [7, 11) is 1.85. The predicted molar refractivity (Wildman–Crippen MR) is 98.5 cm³/mol. The summed E-state index contributed by atoms with van der Waals surface area (Å²) in [6, 6.07) is 12.6. The summed E-state index contributed by atoms with van der Waals surface area (Å²) in [5, 5.41) is 0. The van der Waals surface area contributed by atoms with E-state index in [2.05, 4.69) is 54.8 Å². The Kier molecular flexibility index (Phi) is 3.71.